The summed E-state index contributed by atoms with van der Waals surface area (Å²) in [6.45, 7) is 4.17. The van der Waals surface area contributed by atoms with E-state index in [1.165, 1.54) is 0 Å². The van der Waals surface area contributed by atoms with Crippen molar-refractivity contribution in [2.45, 2.75) is 20.5 Å². The smallest absolute Gasteiger partial charge is 0.339 e. The van der Waals surface area contributed by atoms with Gasteiger partial charge in [-0.15, -0.1) is 0 Å². The Bertz CT molecular complexity index is 840. The first kappa shape index (κ1) is 14.3. The number of esters is 1. The van der Waals surface area contributed by atoms with Crippen molar-refractivity contribution < 1.29 is 9.53 Å². The van der Waals surface area contributed by atoms with E-state index in [0.717, 1.165) is 27.7 Å². The van der Waals surface area contributed by atoms with Gasteiger partial charge < -0.3 is 4.74 Å². The second-order valence-corrected chi connectivity index (χ2v) is 5.33. The average Bonchev–Trinajstić information content (AvgIpc) is 2.53. The summed E-state index contributed by atoms with van der Waals surface area (Å²) in [6, 6.07) is 17.3. The molecule has 110 valence electrons. The van der Waals surface area contributed by atoms with Crippen LogP contribution in [0.1, 0.15) is 27.2 Å². The van der Waals surface area contributed by atoms with Gasteiger partial charge in [0.25, 0.3) is 0 Å². The lowest BCUT2D eigenvalue weighted by Crippen LogP contribution is -2.07. The molecule has 3 rings (SSSR count). The first-order valence-electron chi connectivity index (χ1n) is 7.23. The highest BCUT2D eigenvalue weighted by molar-refractivity contribution is 6.03. The molecule has 22 heavy (non-hydrogen) atoms. The third-order valence-corrected chi connectivity index (χ3v) is 3.68. The number of carbonyl (C=O) groups excluding carboxylic acids is 1. The number of ether oxygens (including phenoxy) is 1. The third-order valence-electron chi connectivity index (χ3n) is 3.68. The summed E-state index contributed by atoms with van der Waals surface area (Å²) in [5.74, 6) is -0.315. The van der Waals surface area contributed by atoms with Gasteiger partial charge in [-0.3, -0.25) is 4.98 Å². The molecule has 2 aromatic carbocycles. The van der Waals surface area contributed by atoms with E-state index in [1.54, 1.807) is 6.07 Å². The molecule has 1 heterocycles. The molecule has 0 N–H and O–H groups in total. The Morgan fingerprint density at radius 2 is 1.77 bits per heavy atom. The summed E-state index contributed by atoms with van der Waals surface area (Å²) >= 11 is 0. The van der Waals surface area contributed by atoms with Gasteiger partial charge in [0.2, 0.25) is 0 Å². The van der Waals surface area contributed by atoms with Gasteiger partial charge in [0.05, 0.1) is 11.1 Å². The molecule has 0 atom stereocenters. The Hall–Kier alpha value is -2.68. The van der Waals surface area contributed by atoms with Crippen LogP contribution in [0.4, 0.5) is 0 Å². The van der Waals surface area contributed by atoms with Crippen LogP contribution in [0.5, 0.6) is 0 Å². The molecule has 0 fully saturated rings. The fourth-order valence-electron chi connectivity index (χ4n) is 2.47. The molecular weight excluding hydrogens is 274 g/mol. The maximum atomic E-state index is 12.4. The summed E-state index contributed by atoms with van der Waals surface area (Å²) in [6.07, 6.45) is 0. The number of benzene rings is 2. The van der Waals surface area contributed by atoms with Crippen LogP contribution in [0.3, 0.4) is 0 Å². The number of nitrogens with zero attached hydrogens (tertiary/aromatic N) is 1. The number of rotatable bonds is 3. The number of carbonyl (C=O) groups is 1. The zero-order chi connectivity index (χ0) is 15.5. The molecule has 1 aromatic heterocycles. The molecule has 3 aromatic rings. The zero-order valence-corrected chi connectivity index (χ0v) is 12.7. The second kappa shape index (κ2) is 5.98. The first-order chi connectivity index (χ1) is 10.6. The molecule has 0 saturated carbocycles. The van der Waals surface area contributed by atoms with Crippen LogP contribution >= 0.6 is 0 Å². The van der Waals surface area contributed by atoms with E-state index in [4.69, 9.17) is 4.74 Å². The Kier molecular flexibility index (Phi) is 3.88. The maximum Gasteiger partial charge on any atom is 0.339 e. The quantitative estimate of drug-likeness (QED) is 0.679. The highest BCUT2D eigenvalue weighted by Gasteiger charge is 2.13. The largest absolute Gasteiger partial charge is 0.457 e. The minimum absolute atomic E-state index is 0.279. The van der Waals surface area contributed by atoms with Crippen molar-refractivity contribution in [2.24, 2.45) is 0 Å². The van der Waals surface area contributed by atoms with Gasteiger partial charge in [0.1, 0.15) is 6.61 Å². The molecule has 0 aliphatic carbocycles. The summed E-state index contributed by atoms with van der Waals surface area (Å²) in [4.78, 5) is 16.9. The molecule has 3 heteroatoms. The van der Waals surface area contributed by atoms with Crippen LogP contribution in [0.15, 0.2) is 54.6 Å². The van der Waals surface area contributed by atoms with Crippen LogP contribution in [0, 0.1) is 13.8 Å². The number of fused-ring (bicyclic) bond motifs is 1. The molecule has 0 spiro atoms. The van der Waals surface area contributed by atoms with Gasteiger partial charge in [-0.25, -0.2) is 4.79 Å². The minimum Gasteiger partial charge on any atom is -0.457 e. The van der Waals surface area contributed by atoms with Crippen molar-refractivity contribution in [3.05, 3.63) is 77.0 Å². The van der Waals surface area contributed by atoms with Crippen molar-refractivity contribution >= 4 is 16.9 Å². The summed E-state index contributed by atoms with van der Waals surface area (Å²) in [7, 11) is 0. The van der Waals surface area contributed by atoms with E-state index < -0.39 is 0 Å². The predicted molar refractivity (Wildman–Crippen MR) is 86.8 cm³/mol. The minimum atomic E-state index is -0.315. The lowest BCUT2D eigenvalue weighted by atomic mass is 10.1. The van der Waals surface area contributed by atoms with Gasteiger partial charge in [-0.2, -0.15) is 0 Å². The normalized spacial score (nSPS) is 10.6. The fraction of sp³-hybridized carbons (Fsp3) is 0.158. The predicted octanol–water partition coefficient (Wildman–Crippen LogP) is 4.21. The molecule has 0 amide bonds. The van der Waals surface area contributed by atoms with Gasteiger partial charge in [0.15, 0.2) is 0 Å². The number of hydrogen-bond acceptors (Lipinski definition) is 3. The molecule has 0 radical (unpaired) electrons. The zero-order valence-electron chi connectivity index (χ0n) is 12.7. The fourth-order valence-corrected chi connectivity index (χ4v) is 2.47. The SMILES string of the molecule is Cc1cc(C(=O)OCc2ccccc2C)c2ccccc2n1. The Labute approximate surface area is 129 Å². The summed E-state index contributed by atoms with van der Waals surface area (Å²) < 4.78 is 5.49. The van der Waals surface area contributed by atoms with Crippen LogP contribution < -0.4 is 0 Å². The number of aryl methyl sites for hydroxylation is 2. The van der Waals surface area contributed by atoms with E-state index in [2.05, 4.69) is 4.98 Å². The molecule has 3 nitrogen and oxygen atoms in total. The molecule has 0 aliphatic rings. The van der Waals surface area contributed by atoms with E-state index in [-0.39, 0.29) is 12.6 Å². The van der Waals surface area contributed by atoms with Crippen molar-refractivity contribution in [1.29, 1.82) is 0 Å². The lowest BCUT2D eigenvalue weighted by molar-refractivity contribution is 0.0474. The monoisotopic (exact) mass is 291 g/mol. The third kappa shape index (κ3) is 2.84. The lowest BCUT2D eigenvalue weighted by Gasteiger charge is -2.10. The van der Waals surface area contributed by atoms with E-state index >= 15 is 0 Å². The molecule has 0 bridgehead atoms. The number of para-hydroxylation sites is 1. The molecule has 0 unspecified atom stereocenters. The topological polar surface area (TPSA) is 39.2 Å². The van der Waals surface area contributed by atoms with E-state index in [9.17, 15) is 4.79 Å². The van der Waals surface area contributed by atoms with Crippen LogP contribution in [-0.2, 0) is 11.3 Å². The number of hydrogen-bond donors (Lipinski definition) is 0. The number of pyridine rings is 1. The second-order valence-electron chi connectivity index (χ2n) is 5.33. The maximum absolute atomic E-state index is 12.4. The standard InChI is InChI=1S/C19H17NO2/c1-13-7-3-4-8-15(13)12-22-19(21)17-11-14(2)20-18-10-6-5-9-16(17)18/h3-11H,12H2,1-2H3. The molecule has 0 aliphatic heterocycles. The van der Waals surface area contributed by atoms with Gasteiger partial charge in [-0.1, -0.05) is 42.5 Å². The van der Waals surface area contributed by atoms with Gasteiger partial charge >= 0.3 is 5.97 Å². The average molecular weight is 291 g/mol. The molecular formula is C19H17NO2. The van der Waals surface area contributed by atoms with E-state index in [1.807, 2.05) is 62.4 Å². The summed E-state index contributed by atoms with van der Waals surface area (Å²) in [5.41, 5.74) is 4.32. The van der Waals surface area contributed by atoms with Crippen molar-refractivity contribution in [1.82, 2.24) is 4.98 Å². The van der Waals surface area contributed by atoms with Crippen LogP contribution in [-0.4, -0.2) is 11.0 Å². The molecule has 0 saturated heterocycles. The first-order valence-corrected chi connectivity index (χ1v) is 7.23. The van der Waals surface area contributed by atoms with E-state index in [0.29, 0.717) is 5.56 Å². The Balaban J connectivity index is 1.88. The van der Waals surface area contributed by atoms with Crippen LogP contribution in [0.2, 0.25) is 0 Å². The van der Waals surface area contributed by atoms with Gasteiger partial charge in [-0.05, 0) is 37.1 Å². The van der Waals surface area contributed by atoms with Crippen molar-refractivity contribution in [3.8, 4) is 0 Å². The Morgan fingerprint density at radius 3 is 2.59 bits per heavy atom. The van der Waals surface area contributed by atoms with Crippen molar-refractivity contribution in [2.75, 3.05) is 0 Å². The van der Waals surface area contributed by atoms with Gasteiger partial charge in [0, 0.05) is 11.1 Å². The highest BCUT2D eigenvalue weighted by atomic mass is 16.5. The number of aromatic nitrogens is 1. The summed E-state index contributed by atoms with van der Waals surface area (Å²) in [5, 5.41) is 0.822. The van der Waals surface area contributed by atoms with Crippen molar-refractivity contribution in [3.63, 3.8) is 0 Å². The highest BCUT2D eigenvalue weighted by Crippen LogP contribution is 2.20. The van der Waals surface area contributed by atoms with Crippen LogP contribution in [0.25, 0.3) is 10.9 Å². The Morgan fingerprint density at radius 1 is 1.05 bits per heavy atom.